The summed E-state index contributed by atoms with van der Waals surface area (Å²) in [6.45, 7) is 6.03. The van der Waals surface area contributed by atoms with E-state index in [0.29, 0.717) is 19.4 Å². The molecule has 0 saturated heterocycles. The van der Waals surface area contributed by atoms with Crippen LogP contribution in [0.25, 0.3) is 0 Å². The highest BCUT2D eigenvalue weighted by molar-refractivity contribution is 7.85. The Morgan fingerprint density at radius 1 is 0.811 bits per heavy atom. The topological polar surface area (TPSA) is 110 Å². The summed E-state index contributed by atoms with van der Waals surface area (Å²) in [5.41, 5.74) is 0. The van der Waals surface area contributed by atoms with Crippen LogP contribution in [-0.4, -0.2) is 56.2 Å². The highest BCUT2D eigenvalue weighted by Gasteiger charge is 2.46. The van der Waals surface area contributed by atoms with Crippen LogP contribution in [-0.2, 0) is 29.6 Å². The quantitative estimate of drug-likeness (QED) is 0.0578. The van der Waals surface area contributed by atoms with Gasteiger partial charge in [0.05, 0.1) is 6.61 Å². The maximum absolute atomic E-state index is 13.1. The molecule has 7 nitrogen and oxygen atoms in total. The third-order valence-electron chi connectivity index (χ3n) is 6.78. The smallest absolute Gasteiger partial charge is 0.390 e. The Labute approximate surface area is 230 Å². The second-order valence-corrected chi connectivity index (χ2v) is 13.0. The fraction of sp³-hybridized carbons (Fsp3) is 0.964. The standard InChI is InChI=1S/C28H55O7PS/c1-4-7-9-11-13-14-15-17-19-23-37(33)25(20-18-16-12-10-8-5-2)21-22-34-26(6-3)35-24-28(31,36-32)27(29)30/h25-26,31H,4-24H2,1-3H3,(H,29,30)/p+1. The van der Waals surface area contributed by atoms with Gasteiger partial charge in [-0.25, -0.2) is 4.79 Å². The van der Waals surface area contributed by atoms with Crippen LogP contribution in [0.3, 0.4) is 0 Å². The van der Waals surface area contributed by atoms with E-state index in [0.717, 1.165) is 37.9 Å². The predicted molar refractivity (Wildman–Crippen MR) is 154 cm³/mol. The minimum absolute atomic E-state index is 0.0804. The second-order valence-electron chi connectivity index (χ2n) is 10.2. The monoisotopic (exact) mass is 567 g/mol. The van der Waals surface area contributed by atoms with Gasteiger partial charge in [0.1, 0.15) is 6.61 Å². The number of carboxylic acids is 1. The Kier molecular flexibility index (Phi) is 24.4. The molecular formula is C28H56O7PS+. The Hall–Kier alpha value is -0.400. The van der Waals surface area contributed by atoms with Crippen molar-refractivity contribution < 1.29 is 33.3 Å². The molecule has 9 heteroatoms. The molecular weight excluding hydrogens is 511 g/mol. The van der Waals surface area contributed by atoms with Crippen molar-refractivity contribution in [2.45, 2.75) is 153 Å². The van der Waals surface area contributed by atoms with E-state index in [2.05, 4.69) is 13.8 Å². The van der Waals surface area contributed by atoms with Crippen molar-refractivity contribution in [2.24, 2.45) is 0 Å². The summed E-state index contributed by atoms with van der Waals surface area (Å²) in [5, 5.41) is 16.6. The molecule has 0 aliphatic heterocycles. The van der Waals surface area contributed by atoms with Crippen molar-refractivity contribution in [3.05, 3.63) is 0 Å². The van der Waals surface area contributed by atoms with Crippen LogP contribution < -0.4 is 0 Å². The summed E-state index contributed by atoms with van der Waals surface area (Å²) in [6, 6.07) is 0. The molecule has 2 N–H and O–H groups in total. The highest BCUT2D eigenvalue weighted by Crippen LogP contribution is 2.22. The zero-order valence-electron chi connectivity index (χ0n) is 23.8. The van der Waals surface area contributed by atoms with Crippen LogP contribution in [0.15, 0.2) is 0 Å². The number of carbonyl (C=O) groups is 1. The third-order valence-corrected chi connectivity index (χ3v) is 9.38. The molecule has 0 rings (SSSR count). The van der Waals surface area contributed by atoms with E-state index in [-0.39, 0.29) is 5.25 Å². The Morgan fingerprint density at radius 2 is 1.32 bits per heavy atom. The first-order valence-corrected chi connectivity index (χ1v) is 17.1. The van der Waals surface area contributed by atoms with E-state index in [4.69, 9.17) is 14.6 Å². The SMILES string of the molecule is CCCCCCCCCCCS(=O)C(CCCCCCCC)CCOC(CC)OCC(O)([PH+]=O)C(=O)O. The molecule has 5 atom stereocenters. The first-order valence-electron chi connectivity index (χ1n) is 14.8. The molecule has 0 aromatic rings. The normalized spacial score (nSPS) is 15.9. The molecule has 220 valence electrons. The zero-order chi connectivity index (χ0) is 27.8. The van der Waals surface area contributed by atoms with Crippen molar-refractivity contribution in [2.75, 3.05) is 19.0 Å². The lowest BCUT2D eigenvalue weighted by Crippen LogP contribution is -2.39. The summed E-state index contributed by atoms with van der Waals surface area (Å²) >= 11 is 0. The van der Waals surface area contributed by atoms with E-state index in [1.807, 2.05) is 6.92 Å². The zero-order valence-corrected chi connectivity index (χ0v) is 25.7. The number of aliphatic hydroxyl groups is 1. The summed E-state index contributed by atoms with van der Waals surface area (Å²) in [6.07, 6.45) is 19.8. The van der Waals surface area contributed by atoms with Crippen LogP contribution in [0.2, 0.25) is 0 Å². The maximum atomic E-state index is 13.1. The average Bonchev–Trinajstić information content (AvgIpc) is 2.89. The summed E-state index contributed by atoms with van der Waals surface area (Å²) < 4.78 is 35.4. The van der Waals surface area contributed by atoms with Crippen LogP contribution in [0.1, 0.15) is 136 Å². The average molecular weight is 568 g/mol. The number of ether oxygens (including phenoxy) is 2. The number of hydrogen-bond donors (Lipinski definition) is 2. The molecule has 0 bridgehead atoms. The van der Waals surface area contributed by atoms with E-state index in [1.54, 1.807) is 0 Å². The highest BCUT2D eigenvalue weighted by atomic mass is 32.2. The summed E-state index contributed by atoms with van der Waals surface area (Å²) in [4.78, 5) is 11.1. The number of aliphatic carboxylic acids is 1. The fourth-order valence-corrected chi connectivity index (χ4v) is 6.08. The minimum Gasteiger partial charge on any atom is -0.476 e. The van der Waals surface area contributed by atoms with Gasteiger partial charge in [-0.15, -0.1) is 0 Å². The molecule has 0 radical (unpaired) electrons. The molecule has 0 fully saturated rings. The molecule has 37 heavy (non-hydrogen) atoms. The van der Waals surface area contributed by atoms with Gasteiger partial charge in [0.25, 0.3) is 0 Å². The van der Waals surface area contributed by atoms with Crippen LogP contribution in [0, 0.1) is 0 Å². The van der Waals surface area contributed by atoms with Gasteiger partial charge in [-0.3, -0.25) is 4.21 Å². The third kappa shape index (κ3) is 19.3. The van der Waals surface area contributed by atoms with E-state index >= 15 is 0 Å². The number of unbranched alkanes of at least 4 members (excludes halogenated alkanes) is 13. The molecule has 0 heterocycles. The second kappa shape index (κ2) is 24.6. The molecule has 0 saturated carbocycles. The van der Waals surface area contributed by atoms with Gasteiger partial charge in [-0.05, 0) is 25.7 Å². The largest absolute Gasteiger partial charge is 0.476 e. The summed E-state index contributed by atoms with van der Waals surface area (Å²) in [5.74, 6) is -0.846. The van der Waals surface area contributed by atoms with Gasteiger partial charge in [-0.2, -0.15) is 0 Å². The van der Waals surface area contributed by atoms with Crippen molar-refractivity contribution in [3.63, 3.8) is 0 Å². The predicted octanol–water partition coefficient (Wildman–Crippen LogP) is 7.34. The van der Waals surface area contributed by atoms with Gasteiger partial charge in [-0.1, -0.05) is 115 Å². The van der Waals surface area contributed by atoms with Crippen molar-refractivity contribution in [3.8, 4) is 0 Å². The maximum Gasteiger partial charge on any atom is 0.390 e. The van der Waals surface area contributed by atoms with Gasteiger partial charge >= 0.3 is 19.8 Å². The lowest BCUT2D eigenvalue weighted by Gasteiger charge is -2.21. The van der Waals surface area contributed by atoms with Gasteiger partial charge in [0, 0.05) is 21.8 Å². The molecule has 0 aromatic heterocycles. The van der Waals surface area contributed by atoms with Crippen molar-refractivity contribution >= 4 is 25.2 Å². The molecule has 0 aliphatic carbocycles. The van der Waals surface area contributed by atoms with E-state index < -0.39 is 43.5 Å². The number of carboxylic acid groups (broad SMARTS) is 1. The molecule has 0 aliphatic rings. The molecule has 0 spiro atoms. The van der Waals surface area contributed by atoms with E-state index in [9.17, 15) is 18.7 Å². The van der Waals surface area contributed by atoms with Gasteiger partial charge in [0.2, 0.25) is 0 Å². The first-order chi connectivity index (χ1) is 17.8. The van der Waals surface area contributed by atoms with Crippen LogP contribution in [0.4, 0.5) is 0 Å². The Bertz CT molecular complexity index is 593. The Balaban J connectivity index is 4.53. The molecule has 0 amide bonds. The van der Waals surface area contributed by atoms with E-state index in [1.165, 1.54) is 70.6 Å². The van der Waals surface area contributed by atoms with Gasteiger partial charge < -0.3 is 19.7 Å². The lowest BCUT2D eigenvalue weighted by molar-refractivity contribution is -0.178. The van der Waals surface area contributed by atoms with Crippen molar-refractivity contribution in [1.82, 2.24) is 0 Å². The summed E-state index contributed by atoms with van der Waals surface area (Å²) in [7, 11) is -2.34. The Morgan fingerprint density at radius 3 is 1.81 bits per heavy atom. The lowest BCUT2D eigenvalue weighted by atomic mass is 10.1. The molecule has 0 aromatic carbocycles. The minimum atomic E-state index is -2.42. The van der Waals surface area contributed by atoms with Crippen molar-refractivity contribution in [1.29, 1.82) is 0 Å². The first kappa shape index (κ1) is 36.6. The van der Waals surface area contributed by atoms with Gasteiger partial charge in [0.15, 0.2) is 6.29 Å². The van der Waals surface area contributed by atoms with Crippen LogP contribution >= 0.6 is 8.46 Å². The molecule has 5 unspecified atom stereocenters. The van der Waals surface area contributed by atoms with Crippen LogP contribution in [0.5, 0.6) is 0 Å². The fourth-order valence-electron chi connectivity index (χ4n) is 4.24. The number of rotatable bonds is 28. The number of hydrogen-bond acceptors (Lipinski definition) is 6.